The van der Waals surface area contributed by atoms with Crippen molar-refractivity contribution in [1.82, 2.24) is 30.0 Å². The van der Waals surface area contributed by atoms with Crippen LogP contribution in [-0.2, 0) is 6.42 Å². The molecule has 1 fully saturated rings. The molecule has 1 saturated heterocycles. The minimum Gasteiger partial charge on any atom is -0.339 e. The molecule has 1 atom stereocenters. The van der Waals surface area contributed by atoms with Crippen molar-refractivity contribution in [3.05, 3.63) is 53.8 Å². The van der Waals surface area contributed by atoms with Crippen molar-refractivity contribution in [1.29, 1.82) is 0 Å². The molecule has 5 rings (SSSR count). The Bertz CT molecular complexity index is 1140. The first-order valence-corrected chi connectivity index (χ1v) is 10.4. The number of nitrogens with zero attached hydrogens (tertiary/aromatic N) is 6. The number of carbonyl (C=O) groups excluding carboxylic acids is 1. The summed E-state index contributed by atoms with van der Waals surface area (Å²) in [5.74, 6) is 1.36. The van der Waals surface area contributed by atoms with Crippen LogP contribution >= 0.6 is 11.3 Å². The van der Waals surface area contributed by atoms with Crippen molar-refractivity contribution in [2.75, 3.05) is 13.1 Å². The summed E-state index contributed by atoms with van der Waals surface area (Å²) in [7, 11) is 0. The van der Waals surface area contributed by atoms with Gasteiger partial charge in [0.1, 0.15) is 5.69 Å². The molecular formula is C20H18N6O2S. The summed E-state index contributed by atoms with van der Waals surface area (Å²) >= 11 is 1.55. The third-order valence-electron chi connectivity index (χ3n) is 5.11. The Morgan fingerprint density at radius 3 is 3.14 bits per heavy atom. The molecule has 3 aromatic heterocycles. The average molecular weight is 406 g/mol. The van der Waals surface area contributed by atoms with Gasteiger partial charge in [0.25, 0.3) is 5.91 Å². The van der Waals surface area contributed by atoms with Gasteiger partial charge in [-0.15, -0.1) is 11.3 Å². The summed E-state index contributed by atoms with van der Waals surface area (Å²) in [6.45, 7) is 1.45. The maximum absolute atomic E-state index is 13.0. The van der Waals surface area contributed by atoms with Crippen LogP contribution in [0.15, 0.2) is 46.8 Å². The van der Waals surface area contributed by atoms with Crippen molar-refractivity contribution >= 4 is 27.5 Å². The number of rotatable bonds is 4. The van der Waals surface area contributed by atoms with Gasteiger partial charge in [0.05, 0.1) is 21.9 Å². The molecule has 0 radical (unpaired) electrons. The molecule has 0 N–H and O–H groups in total. The summed E-state index contributed by atoms with van der Waals surface area (Å²) < 4.78 is 6.44. The zero-order valence-electron chi connectivity index (χ0n) is 15.6. The number of amides is 1. The van der Waals surface area contributed by atoms with Crippen LogP contribution in [0.3, 0.4) is 0 Å². The molecule has 0 bridgehead atoms. The molecule has 29 heavy (non-hydrogen) atoms. The summed E-state index contributed by atoms with van der Waals surface area (Å²) in [4.78, 5) is 31.9. The topological polar surface area (TPSA) is 97.9 Å². The van der Waals surface area contributed by atoms with Crippen LogP contribution in [0.25, 0.3) is 21.7 Å². The SMILES string of the molecule is O=C(c1ccc2ncsc2c1)N1CCCC(Cc2nc(-c3cnccn3)no2)C1. The number of aromatic nitrogens is 5. The Morgan fingerprint density at radius 1 is 1.28 bits per heavy atom. The van der Waals surface area contributed by atoms with Crippen molar-refractivity contribution in [2.24, 2.45) is 5.92 Å². The lowest BCUT2D eigenvalue weighted by molar-refractivity contribution is 0.0668. The van der Waals surface area contributed by atoms with Gasteiger partial charge >= 0.3 is 0 Å². The van der Waals surface area contributed by atoms with E-state index in [1.54, 1.807) is 35.4 Å². The van der Waals surface area contributed by atoms with Crippen LogP contribution in [0.1, 0.15) is 29.1 Å². The molecule has 0 spiro atoms. The molecule has 1 aromatic carbocycles. The largest absolute Gasteiger partial charge is 0.339 e. The first-order valence-electron chi connectivity index (χ1n) is 9.48. The van der Waals surface area contributed by atoms with Crippen molar-refractivity contribution < 1.29 is 9.32 Å². The van der Waals surface area contributed by atoms with Crippen molar-refractivity contribution in [2.45, 2.75) is 19.3 Å². The Kier molecular flexibility index (Phi) is 4.73. The lowest BCUT2D eigenvalue weighted by Gasteiger charge is -2.32. The number of hydrogen-bond donors (Lipinski definition) is 0. The Labute approximate surface area is 170 Å². The lowest BCUT2D eigenvalue weighted by Crippen LogP contribution is -2.40. The molecule has 9 heteroatoms. The number of fused-ring (bicyclic) bond motifs is 1. The van der Waals surface area contributed by atoms with Gasteiger partial charge in [0.2, 0.25) is 11.7 Å². The second kappa shape index (κ2) is 7.67. The van der Waals surface area contributed by atoms with Crippen molar-refractivity contribution in [3.63, 3.8) is 0 Å². The molecule has 4 aromatic rings. The van der Waals surface area contributed by atoms with Crippen LogP contribution < -0.4 is 0 Å². The normalized spacial score (nSPS) is 17.0. The zero-order valence-corrected chi connectivity index (χ0v) is 16.4. The van der Waals surface area contributed by atoms with E-state index in [4.69, 9.17) is 4.52 Å². The number of likely N-dealkylation sites (tertiary alicyclic amines) is 1. The van der Waals surface area contributed by atoms with Crippen LogP contribution in [0, 0.1) is 5.92 Å². The highest BCUT2D eigenvalue weighted by Gasteiger charge is 2.26. The first-order chi connectivity index (χ1) is 14.3. The van der Waals surface area contributed by atoms with E-state index in [-0.39, 0.29) is 11.8 Å². The van der Waals surface area contributed by atoms with Crippen molar-refractivity contribution in [3.8, 4) is 11.5 Å². The Hall–Kier alpha value is -3.20. The van der Waals surface area contributed by atoms with Gasteiger partial charge in [-0.05, 0) is 37.0 Å². The third kappa shape index (κ3) is 3.73. The third-order valence-corrected chi connectivity index (χ3v) is 5.90. The number of benzene rings is 1. The van der Waals surface area contributed by atoms with Crippen LogP contribution in [0.2, 0.25) is 0 Å². The van der Waals surface area contributed by atoms with Gasteiger partial charge in [0.15, 0.2) is 0 Å². The molecule has 1 aliphatic heterocycles. The minimum atomic E-state index is 0.0655. The predicted molar refractivity (Wildman–Crippen MR) is 107 cm³/mol. The first kappa shape index (κ1) is 17.9. The molecule has 8 nitrogen and oxygen atoms in total. The highest BCUT2D eigenvalue weighted by atomic mass is 32.1. The molecule has 146 valence electrons. The molecule has 1 amide bonds. The number of hydrogen-bond acceptors (Lipinski definition) is 8. The second-order valence-electron chi connectivity index (χ2n) is 7.10. The van der Waals surface area contributed by atoms with E-state index in [1.807, 2.05) is 23.1 Å². The molecule has 0 saturated carbocycles. The van der Waals surface area contributed by atoms with E-state index in [2.05, 4.69) is 25.1 Å². The van der Waals surface area contributed by atoms with Gasteiger partial charge < -0.3 is 9.42 Å². The molecule has 4 heterocycles. The highest BCUT2D eigenvalue weighted by Crippen LogP contribution is 2.25. The highest BCUT2D eigenvalue weighted by molar-refractivity contribution is 7.16. The van der Waals surface area contributed by atoms with Gasteiger partial charge in [-0.25, -0.2) is 9.97 Å². The zero-order chi connectivity index (χ0) is 19.6. The maximum Gasteiger partial charge on any atom is 0.253 e. The summed E-state index contributed by atoms with van der Waals surface area (Å²) in [5, 5.41) is 4.00. The number of piperidine rings is 1. The summed E-state index contributed by atoms with van der Waals surface area (Å²) in [5.41, 5.74) is 4.03. The molecular weight excluding hydrogens is 388 g/mol. The van der Waals surface area contributed by atoms with E-state index in [1.165, 1.54) is 0 Å². The Balaban J connectivity index is 1.27. The van der Waals surface area contributed by atoms with Crippen LogP contribution in [0.4, 0.5) is 0 Å². The fraction of sp³-hybridized carbons (Fsp3) is 0.300. The van der Waals surface area contributed by atoms with E-state index < -0.39 is 0 Å². The number of thiazole rings is 1. The summed E-state index contributed by atoms with van der Waals surface area (Å²) in [6, 6.07) is 5.70. The van der Waals surface area contributed by atoms with Crippen LogP contribution in [0.5, 0.6) is 0 Å². The molecule has 1 unspecified atom stereocenters. The van der Waals surface area contributed by atoms with E-state index >= 15 is 0 Å². The monoisotopic (exact) mass is 406 g/mol. The van der Waals surface area contributed by atoms with Gasteiger partial charge in [-0.1, -0.05) is 5.16 Å². The predicted octanol–water partition coefficient (Wildman–Crippen LogP) is 3.23. The molecule has 1 aliphatic rings. The van der Waals surface area contributed by atoms with Crippen LogP contribution in [-0.4, -0.2) is 49.0 Å². The van der Waals surface area contributed by atoms with Gasteiger partial charge in [-0.2, -0.15) is 4.98 Å². The minimum absolute atomic E-state index is 0.0655. The second-order valence-corrected chi connectivity index (χ2v) is 7.99. The average Bonchev–Trinajstić information content (AvgIpc) is 3.43. The van der Waals surface area contributed by atoms with Gasteiger partial charge in [0, 0.05) is 37.5 Å². The maximum atomic E-state index is 13.0. The number of carbonyl (C=O) groups is 1. The van der Waals surface area contributed by atoms with E-state index in [9.17, 15) is 4.79 Å². The molecule has 0 aliphatic carbocycles. The van der Waals surface area contributed by atoms with Gasteiger partial charge in [-0.3, -0.25) is 9.78 Å². The quantitative estimate of drug-likeness (QED) is 0.513. The fourth-order valence-electron chi connectivity index (χ4n) is 3.69. The standard InChI is InChI=1S/C20H18N6O2S/c27-20(14-3-4-15-17(9-14)29-12-23-15)26-7-1-2-13(11-26)8-18-24-19(25-28-18)16-10-21-5-6-22-16/h3-6,9-10,12-13H,1-2,7-8,11H2. The van der Waals surface area contributed by atoms with E-state index in [0.29, 0.717) is 35.9 Å². The smallest absolute Gasteiger partial charge is 0.253 e. The lowest BCUT2D eigenvalue weighted by atomic mass is 9.94. The summed E-state index contributed by atoms with van der Waals surface area (Å²) in [6.07, 6.45) is 7.44. The fourth-order valence-corrected chi connectivity index (χ4v) is 4.41. The Morgan fingerprint density at radius 2 is 2.24 bits per heavy atom. The van der Waals surface area contributed by atoms with E-state index in [0.717, 1.165) is 29.6 Å².